The molecule has 3 nitrogen and oxygen atoms in total. The van der Waals surface area contributed by atoms with Gasteiger partial charge >= 0.3 is 0 Å². The van der Waals surface area contributed by atoms with E-state index in [1.54, 1.807) is 0 Å². The second kappa shape index (κ2) is 4.97. The third-order valence-electron chi connectivity index (χ3n) is 4.69. The molecule has 1 aliphatic carbocycles. The maximum atomic E-state index is 12.5. The van der Waals surface area contributed by atoms with E-state index in [0.29, 0.717) is 11.9 Å². The molecule has 1 aliphatic heterocycles. The van der Waals surface area contributed by atoms with E-state index >= 15 is 0 Å². The van der Waals surface area contributed by atoms with Crippen LogP contribution in [0.25, 0.3) is 0 Å². The minimum atomic E-state index is -0.294. The summed E-state index contributed by atoms with van der Waals surface area (Å²) in [5.74, 6) is 1.14. The summed E-state index contributed by atoms with van der Waals surface area (Å²) in [6.45, 7) is 5.36. The first-order chi connectivity index (χ1) is 8.03. The third-order valence-corrected chi connectivity index (χ3v) is 4.69. The maximum Gasteiger partial charge on any atom is 0.242 e. The Kier molecular flexibility index (Phi) is 3.76. The van der Waals surface area contributed by atoms with Crippen molar-refractivity contribution in [1.82, 2.24) is 10.2 Å². The highest BCUT2D eigenvalue weighted by atomic mass is 16.2. The van der Waals surface area contributed by atoms with Gasteiger partial charge in [-0.05, 0) is 57.9 Å². The van der Waals surface area contributed by atoms with Crippen molar-refractivity contribution in [3.63, 3.8) is 0 Å². The molecule has 0 aromatic heterocycles. The molecule has 2 aliphatic rings. The highest BCUT2D eigenvalue weighted by Crippen LogP contribution is 2.29. The first-order valence-electron chi connectivity index (χ1n) is 7.05. The maximum absolute atomic E-state index is 12.5. The summed E-state index contributed by atoms with van der Waals surface area (Å²) in [4.78, 5) is 14.5. The molecule has 0 bridgehead atoms. The molecule has 0 aromatic rings. The number of hydrogen-bond donors (Lipinski definition) is 1. The molecule has 3 heteroatoms. The Morgan fingerprint density at radius 2 is 1.94 bits per heavy atom. The van der Waals surface area contributed by atoms with E-state index in [4.69, 9.17) is 0 Å². The quantitative estimate of drug-likeness (QED) is 0.799. The average Bonchev–Trinajstić information content (AvgIpc) is 2.76. The van der Waals surface area contributed by atoms with Crippen molar-refractivity contribution in [2.75, 3.05) is 13.6 Å². The van der Waals surface area contributed by atoms with Crippen molar-refractivity contribution in [3.05, 3.63) is 0 Å². The fourth-order valence-electron chi connectivity index (χ4n) is 3.26. The number of carbonyl (C=O) groups is 1. The summed E-state index contributed by atoms with van der Waals surface area (Å²) < 4.78 is 0. The van der Waals surface area contributed by atoms with Gasteiger partial charge in [0.1, 0.15) is 0 Å². The molecule has 1 saturated carbocycles. The van der Waals surface area contributed by atoms with E-state index in [0.717, 1.165) is 25.3 Å². The lowest BCUT2D eigenvalue weighted by Gasteiger charge is -2.38. The van der Waals surface area contributed by atoms with Crippen LogP contribution in [0.4, 0.5) is 0 Å². The molecule has 0 radical (unpaired) electrons. The van der Waals surface area contributed by atoms with Crippen LogP contribution in [0.2, 0.25) is 0 Å². The number of nitrogens with one attached hydrogen (secondary N) is 1. The van der Waals surface area contributed by atoms with Crippen molar-refractivity contribution < 1.29 is 4.79 Å². The van der Waals surface area contributed by atoms with Crippen LogP contribution >= 0.6 is 0 Å². The lowest BCUT2D eigenvalue weighted by Crippen LogP contribution is -2.54. The van der Waals surface area contributed by atoms with Gasteiger partial charge in [-0.1, -0.05) is 6.92 Å². The smallest absolute Gasteiger partial charge is 0.242 e. The second-order valence-electron chi connectivity index (χ2n) is 6.19. The molecule has 0 aromatic carbocycles. The van der Waals surface area contributed by atoms with Crippen LogP contribution in [-0.2, 0) is 4.79 Å². The fraction of sp³-hybridized carbons (Fsp3) is 0.929. The fourth-order valence-corrected chi connectivity index (χ4v) is 3.26. The topological polar surface area (TPSA) is 32.3 Å². The standard InChI is InChI=1S/C14H26N2O/c1-11-5-7-12(8-6-11)16(3)13(17)14(2)9-4-10-15-14/h11-12,15H,4-10H2,1-3H3. The van der Waals surface area contributed by atoms with Crippen LogP contribution in [0.1, 0.15) is 52.4 Å². The number of carbonyl (C=O) groups excluding carboxylic acids is 1. The molecule has 1 heterocycles. The summed E-state index contributed by atoms with van der Waals surface area (Å²) in [6, 6.07) is 0.470. The molecular weight excluding hydrogens is 212 g/mol. The van der Waals surface area contributed by atoms with Crippen LogP contribution in [-0.4, -0.2) is 36.0 Å². The van der Waals surface area contributed by atoms with E-state index in [9.17, 15) is 4.79 Å². The molecule has 2 fully saturated rings. The predicted molar refractivity (Wildman–Crippen MR) is 69.8 cm³/mol. The molecule has 1 saturated heterocycles. The van der Waals surface area contributed by atoms with Gasteiger partial charge in [0.15, 0.2) is 0 Å². The van der Waals surface area contributed by atoms with Gasteiger partial charge in [-0.3, -0.25) is 4.79 Å². The van der Waals surface area contributed by atoms with Gasteiger partial charge in [0.25, 0.3) is 0 Å². The molecule has 1 N–H and O–H groups in total. The average molecular weight is 238 g/mol. The van der Waals surface area contributed by atoms with E-state index < -0.39 is 0 Å². The Bertz CT molecular complexity index is 276. The Morgan fingerprint density at radius 3 is 2.47 bits per heavy atom. The SMILES string of the molecule is CC1CCC(N(C)C(=O)C2(C)CCCN2)CC1. The Hall–Kier alpha value is -0.570. The van der Waals surface area contributed by atoms with Crippen LogP contribution in [0.3, 0.4) is 0 Å². The van der Waals surface area contributed by atoms with Crippen LogP contribution in [0.5, 0.6) is 0 Å². The van der Waals surface area contributed by atoms with Gasteiger partial charge in [-0.25, -0.2) is 0 Å². The number of rotatable bonds is 2. The van der Waals surface area contributed by atoms with Gasteiger partial charge in [0, 0.05) is 13.1 Å². The summed E-state index contributed by atoms with van der Waals surface area (Å²) in [7, 11) is 1.99. The van der Waals surface area contributed by atoms with Gasteiger partial charge in [-0.2, -0.15) is 0 Å². The van der Waals surface area contributed by atoms with Gasteiger partial charge in [0.05, 0.1) is 5.54 Å². The van der Waals surface area contributed by atoms with E-state index in [1.807, 2.05) is 11.9 Å². The van der Waals surface area contributed by atoms with Crippen molar-refractivity contribution in [2.24, 2.45) is 5.92 Å². The van der Waals surface area contributed by atoms with Gasteiger partial charge in [-0.15, -0.1) is 0 Å². The van der Waals surface area contributed by atoms with Gasteiger partial charge < -0.3 is 10.2 Å². The van der Waals surface area contributed by atoms with Crippen molar-refractivity contribution in [2.45, 2.75) is 64.0 Å². The molecular formula is C14H26N2O. The molecule has 2 rings (SSSR count). The zero-order valence-electron chi connectivity index (χ0n) is 11.5. The Labute approximate surface area is 105 Å². The summed E-state index contributed by atoms with van der Waals surface area (Å²) in [6.07, 6.45) is 7.01. The normalized spacial score (nSPS) is 38.1. The van der Waals surface area contributed by atoms with Crippen LogP contribution in [0, 0.1) is 5.92 Å². The van der Waals surface area contributed by atoms with E-state index in [-0.39, 0.29) is 5.54 Å². The number of likely N-dealkylation sites (N-methyl/N-ethyl adjacent to an activating group) is 1. The zero-order valence-corrected chi connectivity index (χ0v) is 11.5. The highest BCUT2D eigenvalue weighted by Gasteiger charge is 2.39. The molecule has 0 spiro atoms. The highest BCUT2D eigenvalue weighted by molar-refractivity contribution is 5.86. The lowest BCUT2D eigenvalue weighted by molar-refractivity contribution is -0.138. The summed E-state index contributed by atoms with van der Waals surface area (Å²) in [5, 5.41) is 3.37. The largest absolute Gasteiger partial charge is 0.341 e. The monoisotopic (exact) mass is 238 g/mol. The number of nitrogens with zero attached hydrogens (tertiary/aromatic N) is 1. The number of amides is 1. The van der Waals surface area contributed by atoms with E-state index in [2.05, 4.69) is 19.2 Å². The molecule has 1 atom stereocenters. The summed E-state index contributed by atoms with van der Waals surface area (Å²) >= 11 is 0. The van der Waals surface area contributed by atoms with Crippen molar-refractivity contribution >= 4 is 5.91 Å². The van der Waals surface area contributed by atoms with Crippen molar-refractivity contribution in [1.29, 1.82) is 0 Å². The van der Waals surface area contributed by atoms with Crippen LogP contribution in [0.15, 0.2) is 0 Å². The summed E-state index contributed by atoms with van der Waals surface area (Å²) in [5.41, 5.74) is -0.294. The molecule has 1 unspecified atom stereocenters. The van der Waals surface area contributed by atoms with Crippen LogP contribution < -0.4 is 5.32 Å². The van der Waals surface area contributed by atoms with E-state index in [1.165, 1.54) is 25.7 Å². The predicted octanol–water partition coefficient (Wildman–Crippen LogP) is 2.17. The zero-order chi connectivity index (χ0) is 12.5. The molecule has 17 heavy (non-hydrogen) atoms. The third kappa shape index (κ3) is 2.65. The first-order valence-corrected chi connectivity index (χ1v) is 7.05. The minimum Gasteiger partial charge on any atom is -0.341 e. The molecule has 1 amide bonds. The van der Waals surface area contributed by atoms with Crippen molar-refractivity contribution in [3.8, 4) is 0 Å². The lowest BCUT2D eigenvalue weighted by atomic mass is 9.86. The minimum absolute atomic E-state index is 0.294. The Balaban J connectivity index is 1.95. The van der Waals surface area contributed by atoms with Gasteiger partial charge in [0.2, 0.25) is 5.91 Å². The molecule has 98 valence electrons. The number of hydrogen-bond acceptors (Lipinski definition) is 2. The Morgan fingerprint density at radius 1 is 1.29 bits per heavy atom. The second-order valence-corrected chi connectivity index (χ2v) is 6.19. The first kappa shape index (κ1) is 12.9.